The van der Waals surface area contributed by atoms with Gasteiger partial charge in [0.2, 0.25) is 0 Å². The van der Waals surface area contributed by atoms with E-state index in [-0.39, 0.29) is 0 Å². The molecule has 3 aliphatic rings. The summed E-state index contributed by atoms with van der Waals surface area (Å²) in [7, 11) is 0. The molecule has 3 heterocycles. The van der Waals surface area contributed by atoms with Gasteiger partial charge in [0.25, 0.3) is 0 Å². The van der Waals surface area contributed by atoms with E-state index in [0.29, 0.717) is 6.10 Å². The second kappa shape index (κ2) is 5.89. The van der Waals surface area contributed by atoms with Gasteiger partial charge in [0, 0.05) is 31.8 Å². The van der Waals surface area contributed by atoms with E-state index >= 15 is 0 Å². The third-order valence-corrected chi connectivity index (χ3v) is 5.09. The van der Waals surface area contributed by atoms with Crippen LogP contribution in [0.4, 0.5) is 0 Å². The fourth-order valence-corrected chi connectivity index (χ4v) is 4.09. The van der Waals surface area contributed by atoms with E-state index < -0.39 is 0 Å². The number of rotatable bonds is 3. The number of piperidine rings is 1. The Morgan fingerprint density at radius 3 is 3.06 bits per heavy atom. The van der Waals surface area contributed by atoms with Gasteiger partial charge in [-0.15, -0.1) is 0 Å². The Hall–Kier alpha value is -0.120. The summed E-state index contributed by atoms with van der Waals surface area (Å²) >= 11 is 0. The number of nitrogens with one attached hydrogen (secondary N) is 1. The molecule has 0 aromatic rings. The average molecular weight is 252 g/mol. The van der Waals surface area contributed by atoms with Crippen molar-refractivity contribution in [2.45, 2.75) is 63.6 Å². The largest absolute Gasteiger partial charge is 0.378 e. The van der Waals surface area contributed by atoms with Crippen LogP contribution in [0.15, 0.2) is 0 Å². The minimum atomic E-state index is 0.532. The molecule has 3 rings (SSSR count). The average Bonchev–Trinajstić information content (AvgIpc) is 2.83. The number of fused-ring (bicyclic) bond motifs is 1. The second-order valence-corrected chi connectivity index (χ2v) is 6.38. The summed E-state index contributed by atoms with van der Waals surface area (Å²) in [5.74, 6) is 0.922. The van der Waals surface area contributed by atoms with Crippen molar-refractivity contribution >= 4 is 0 Å². The molecule has 0 aromatic heterocycles. The van der Waals surface area contributed by atoms with Crippen molar-refractivity contribution in [1.29, 1.82) is 0 Å². The highest BCUT2D eigenvalue weighted by Crippen LogP contribution is 2.30. The summed E-state index contributed by atoms with van der Waals surface area (Å²) in [6.45, 7) is 7.10. The molecule has 0 radical (unpaired) electrons. The molecule has 104 valence electrons. The molecule has 1 N–H and O–H groups in total. The molecule has 0 saturated carbocycles. The van der Waals surface area contributed by atoms with E-state index in [4.69, 9.17) is 4.74 Å². The number of hydrogen-bond donors (Lipinski definition) is 1. The molecule has 0 bridgehead atoms. The maximum absolute atomic E-state index is 5.88. The first-order valence-electron chi connectivity index (χ1n) is 7.96. The van der Waals surface area contributed by atoms with Crippen molar-refractivity contribution in [2.24, 2.45) is 5.92 Å². The lowest BCUT2D eigenvalue weighted by Gasteiger charge is -2.35. The Morgan fingerprint density at radius 1 is 1.28 bits per heavy atom. The summed E-state index contributed by atoms with van der Waals surface area (Å²) in [5.41, 5.74) is 0. The van der Waals surface area contributed by atoms with E-state index in [0.717, 1.165) is 24.6 Å². The van der Waals surface area contributed by atoms with Crippen molar-refractivity contribution in [3.63, 3.8) is 0 Å². The van der Waals surface area contributed by atoms with Crippen molar-refractivity contribution < 1.29 is 4.74 Å². The van der Waals surface area contributed by atoms with Crippen LogP contribution in [0, 0.1) is 5.92 Å². The van der Waals surface area contributed by atoms with Gasteiger partial charge in [-0.3, -0.25) is 4.90 Å². The predicted octanol–water partition coefficient (Wildman–Crippen LogP) is 2.02. The Bertz CT molecular complexity index is 255. The lowest BCUT2D eigenvalue weighted by Crippen LogP contribution is -2.43. The van der Waals surface area contributed by atoms with Gasteiger partial charge < -0.3 is 10.1 Å². The van der Waals surface area contributed by atoms with Crippen molar-refractivity contribution in [2.75, 3.05) is 26.2 Å². The van der Waals surface area contributed by atoms with Crippen LogP contribution in [0.2, 0.25) is 0 Å². The van der Waals surface area contributed by atoms with Gasteiger partial charge in [0.15, 0.2) is 0 Å². The minimum absolute atomic E-state index is 0.532. The number of hydrogen-bond acceptors (Lipinski definition) is 3. The highest BCUT2D eigenvalue weighted by atomic mass is 16.5. The molecule has 18 heavy (non-hydrogen) atoms. The monoisotopic (exact) mass is 252 g/mol. The molecular weight excluding hydrogens is 224 g/mol. The van der Waals surface area contributed by atoms with E-state index in [1.807, 2.05) is 0 Å². The van der Waals surface area contributed by atoms with Crippen LogP contribution >= 0.6 is 0 Å². The highest BCUT2D eigenvalue weighted by molar-refractivity contribution is 4.95. The third kappa shape index (κ3) is 2.73. The van der Waals surface area contributed by atoms with E-state index in [1.54, 1.807) is 0 Å². The topological polar surface area (TPSA) is 24.5 Å². The zero-order chi connectivity index (χ0) is 12.4. The Kier molecular flexibility index (Phi) is 4.22. The molecule has 0 aromatic carbocycles. The molecular formula is C15H28N2O. The molecule has 0 aliphatic carbocycles. The van der Waals surface area contributed by atoms with Crippen LogP contribution in [-0.4, -0.2) is 49.3 Å². The normalized spacial score (nSPS) is 41.8. The van der Waals surface area contributed by atoms with Crippen LogP contribution in [0.5, 0.6) is 0 Å². The van der Waals surface area contributed by atoms with Gasteiger partial charge in [-0.05, 0) is 44.6 Å². The smallest absolute Gasteiger partial charge is 0.0590 e. The zero-order valence-electron chi connectivity index (χ0n) is 11.7. The molecule has 3 aliphatic heterocycles. The van der Waals surface area contributed by atoms with Crippen LogP contribution in [0.25, 0.3) is 0 Å². The summed E-state index contributed by atoms with van der Waals surface area (Å²) in [4.78, 5) is 2.76. The van der Waals surface area contributed by atoms with Gasteiger partial charge in [-0.2, -0.15) is 0 Å². The maximum atomic E-state index is 5.88. The van der Waals surface area contributed by atoms with Crippen LogP contribution in [0.3, 0.4) is 0 Å². The van der Waals surface area contributed by atoms with Crippen molar-refractivity contribution in [3.05, 3.63) is 0 Å². The standard InChI is InChI=1S/C15H28N2O/c1-2-4-14-9-13(6-8-18-14)17-10-12-5-3-7-16-15(12)11-17/h12-16H,2-11H2,1H3. The SMILES string of the molecule is CCCC1CC(N2CC3CCCNC3C2)CCO1. The second-order valence-electron chi connectivity index (χ2n) is 6.38. The highest BCUT2D eigenvalue weighted by Gasteiger charge is 2.38. The lowest BCUT2D eigenvalue weighted by atomic mass is 9.94. The van der Waals surface area contributed by atoms with Crippen LogP contribution < -0.4 is 5.32 Å². The van der Waals surface area contributed by atoms with E-state index in [2.05, 4.69) is 17.1 Å². The third-order valence-electron chi connectivity index (χ3n) is 5.09. The fourth-order valence-electron chi connectivity index (χ4n) is 4.09. The fraction of sp³-hybridized carbons (Fsp3) is 1.00. The van der Waals surface area contributed by atoms with Crippen LogP contribution in [0.1, 0.15) is 45.4 Å². The summed E-state index contributed by atoms with van der Waals surface area (Å²) in [6.07, 6.45) is 8.37. The van der Waals surface area contributed by atoms with Crippen molar-refractivity contribution in [1.82, 2.24) is 10.2 Å². The van der Waals surface area contributed by atoms with E-state index in [1.165, 1.54) is 58.2 Å². The van der Waals surface area contributed by atoms with Gasteiger partial charge >= 0.3 is 0 Å². The molecule has 0 amide bonds. The molecule has 4 atom stereocenters. The number of ether oxygens (including phenoxy) is 1. The van der Waals surface area contributed by atoms with E-state index in [9.17, 15) is 0 Å². The summed E-state index contributed by atoms with van der Waals surface area (Å²) in [6, 6.07) is 1.58. The van der Waals surface area contributed by atoms with Crippen molar-refractivity contribution in [3.8, 4) is 0 Å². The molecule has 3 fully saturated rings. The predicted molar refractivity (Wildman–Crippen MR) is 73.8 cm³/mol. The summed E-state index contributed by atoms with van der Waals surface area (Å²) < 4.78 is 5.88. The minimum Gasteiger partial charge on any atom is -0.378 e. The van der Waals surface area contributed by atoms with Gasteiger partial charge in [-0.1, -0.05) is 13.3 Å². The Morgan fingerprint density at radius 2 is 2.22 bits per heavy atom. The first kappa shape index (κ1) is 12.9. The van der Waals surface area contributed by atoms with Gasteiger partial charge in [-0.25, -0.2) is 0 Å². The van der Waals surface area contributed by atoms with Gasteiger partial charge in [0.05, 0.1) is 6.10 Å². The Balaban J connectivity index is 1.55. The molecule has 3 heteroatoms. The Labute approximate surface area is 111 Å². The molecule has 4 unspecified atom stereocenters. The molecule has 3 nitrogen and oxygen atoms in total. The first-order valence-corrected chi connectivity index (χ1v) is 7.96. The quantitative estimate of drug-likeness (QED) is 0.831. The first-order chi connectivity index (χ1) is 8.86. The number of nitrogens with zero attached hydrogens (tertiary/aromatic N) is 1. The maximum Gasteiger partial charge on any atom is 0.0590 e. The zero-order valence-corrected chi connectivity index (χ0v) is 11.7. The van der Waals surface area contributed by atoms with Crippen LogP contribution in [-0.2, 0) is 4.74 Å². The summed E-state index contributed by atoms with van der Waals surface area (Å²) in [5, 5.41) is 3.71. The molecule has 0 spiro atoms. The number of likely N-dealkylation sites (tertiary alicyclic amines) is 1. The van der Waals surface area contributed by atoms with Gasteiger partial charge in [0.1, 0.15) is 0 Å². The molecule has 3 saturated heterocycles. The lowest BCUT2D eigenvalue weighted by molar-refractivity contribution is -0.0270.